The molecule has 1 aromatic heterocycles. The Hall–Kier alpha value is -2.93. The van der Waals surface area contributed by atoms with Crippen molar-refractivity contribution >= 4 is 16.8 Å². The van der Waals surface area contributed by atoms with Crippen molar-refractivity contribution in [2.75, 3.05) is 0 Å². The fourth-order valence-corrected chi connectivity index (χ4v) is 2.96. The van der Waals surface area contributed by atoms with Gasteiger partial charge in [-0.3, -0.25) is 4.79 Å². The second kappa shape index (κ2) is 6.18. The highest BCUT2D eigenvalue weighted by atomic mass is 16.1. The predicted octanol–water partition coefficient (Wildman–Crippen LogP) is 4.36. The van der Waals surface area contributed by atoms with E-state index in [4.69, 9.17) is 0 Å². The van der Waals surface area contributed by atoms with Crippen molar-refractivity contribution in [1.29, 1.82) is 5.26 Å². The first-order valence-corrected chi connectivity index (χ1v) is 8.28. The molecule has 0 aliphatic carbocycles. The fraction of sp³-hybridized carbons (Fsp3) is 0.286. The minimum Gasteiger partial charge on any atom is -0.330 e. The molecule has 1 heterocycles. The molecule has 0 bridgehead atoms. The number of Topliss-reactive ketones (excluding diaryl/α,β-unsaturated/α-hetero) is 1. The summed E-state index contributed by atoms with van der Waals surface area (Å²) in [5, 5.41) is 9.62. The molecule has 126 valence electrons. The molecule has 0 unspecified atom stereocenters. The number of nitrogens with zero attached hydrogens (tertiary/aromatic N) is 3. The Labute approximate surface area is 147 Å². The first-order valence-electron chi connectivity index (χ1n) is 8.28. The molecule has 4 nitrogen and oxygen atoms in total. The van der Waals surface area contributed by atoms with Crippen LogP contribution in [0.5, 0.6) is 0 Å². The summed E-state index contributed by atoms with van der Waals surface area (Å²) in [5.74, 6) is -0.659. The van der Waals surface area contributed by atoms with Gasteiger partial charge in [-0.1, -0.05) is 57.2 Å². The number of aromatic nitrogens is 2. The van der Waals surface area contributed by atoms with Gasteiger partial charge in [0.2, 0.25) is 0 Å². The maximum absolute atomic E-state index is 12.9. The Balaban J connectivity index is 1.99. The summed E-state index contributed by atoms with van der Waals surface area (Å²) in [5.41, 5.74) is 3.41. The largest absolute Gasteiger partial charge is 0.330 e. The molecule has 0 saturated carbocycles. The van der Waals surface area contributed by atoms with Crippen molar-refractivity contribution in [2.45, 2.75) is 32.1 Å². The lowest BCUT2D eigenvalue weighted by molar-refractivity contribution is 0.0975. The molecule has 0 radical (unpaired) electrons. The zero-order valence-electron chi connectivity index (χ0n) is 14.9. The Morgan fingerprint density at radius 1 is 1.12 bits per heavy atom. The summed E-state index contributed by atoms with van der Waals surface area (Å²) in [7, 11) is 1.84. The monoisotopic (exact) mass is 331 g/mol. The Kier molecular flexibility index (Phi) is 4.18. The van der Waals surface area contributed by atoms with Crippen LogP contribution in [-0.4, -0.2) is 15.3 Å². The lowest BCUT2D eigenvalue weighted by Gasteiger charge is -2.19. The Bertz CT molecular complexity index is 969. The molecule has 2 aromatic carbocycles. The van der Waals surface area contributed by atoms with Crippen LogP contribution in [0.4, 0.5) is 0 Å². The van der Waals surface area contributed by atoms with E-state index in [-0.39, 0.29) is 11.2 Å². The quantitative estimate of drug-likeness (QED) is 0.670. The summed E-state index contributed by atoms with van der Waals surface area (Å²) in [6.45, 7) is 6.38. The predicted molar refractivity (Wildman–Crippen MR) is 98.5 cm³/mol. The number of fused-ring (bicyclic) bond motifs is 1. The number of hydrogen-bond donors (Lipinski definition) is 0. The van der Waals surface area contributed by atoms with Crippen LogP contribution in [-0.2, 0) is 12.5 Å². The first-order chi connectivity index (χ1) is 11.8. The van der Waals surface area contributed by atoms with E-state index in [1.807, 2.05) is 48.0 Å². The lowest BCUT2D eigenvalue weighted by atomic mass is 9.86. The highest BCUT2D eigenvalue weighted by Gasteiger charge is 2.27. The van der Waals surface area contributed by atoms with E-state index in [2.05, 4.69) is 31.8 Å². The van der Waals surface area contributed by atoms with Crippen molar-refractivity contribution in [3.63, 3.8) is 0 Å². The molecule has 3 rings (SSSR count). The topological polar surface area (TPSA) is 58.7 Å². The number of benzene rings is 2. The highest BCUT2D eigenvalue weighted by molar-refractivity contribution is 6.02. The van der Waals surface area contributed by atoms with Gasteiger partial charge in [-0.15, -0.1) is 0 Å². The third-order valence-electron chi connectivity index (χ3n) is 4.51. The summed E-state index contributed by atoms with van der Waals surface area (Å²) in [6, 6.07) is 17.3. The third-order valence-corrected chi connectivity index (χ3v) is 4.51. The van der Waals surface area contributed by atoms with Crippen LogP contribution in [0.25, 0.3) is 11.0 Å². The van der Waals surface area contributed by atoms with E-state index < -0.39 is 5.92 Å². The van der Waals surface area contributed by atoms with Gasteiger partial charge in [0.05, 0.1) is 17.1 Å². The van der Waals surface area contributed by atoms with Crippen LogP contribution in [0.1, 0.15) is 48.4 Å². The molecule has 0 spiro atoms. The normalized spacial score (nSPS) is 12.8. The van der Waals surface area contributed by atoms with Crippen LogP contribution in [0.3, 0.4) is 0 Å². The molecule has 0 amide bonds. The number of nitriles is 1. The van der Waals surface area contributed by atoms with Crippen molar-refractivity contribution in [3.8, 4) is 6.07 Å². The van der Waals surface area contributed by atoms with Crippen molar-refractivity contribution in [1.82, 2.24) is 9.55 Å². The summed E-state index contributed by atoms with van der Waals surface area (Å²) < 4.78 is 1.82. The Morgan fingerprint density at radius 2 is 1.76 bits per heavy atom. The second-order valence-corrected chi connectivity index (χ2v) is 7.27. The van der Waals surface area contributed by atoms with Gasteiger partial charge in [-0.2, -0.15) is 5.26 Å². The number of hydrogen-bond acceptors (Lipinski definition) is 3. The first kappa shape index (κ1) is 16.9. The number of carbonyl (C=O) groups excluding carboxylic acids is 1. The number of carbonyl (C=O) groups is 1. The van der Waals surface area contributed by atoms with Gasteiger partial charge in [0, 0.05) is 12.6 Å². The van der Waals surface area contributed by atoms with Crippen molar-refractivity contribution in [3.05, 3.63) is 65.5 Å². The molecule has 3 aromatic rings. The second-order valence-electron chi connectivity index (χ2n) is 7.27. The molecule has 1 atom stereocenters. The maximum atomic E-state index is 12.9. The zero-order chi connectivity index (χ0) is 18.2. The van der Waals surface area contributed by atoms with E-state index in [9.17, 15) is 10.1 Å². The minimum absolute atomic E-state index is 0.0214. The molecule has 4 heteroatoms. The van der Waals surface area contributed by atoms with E-state index in [0.717, 1.165) is 16.6 Å². The van der Waals surface area contributed by atoms with Crippen LogP contribution < -0.4 is 0 Å². The third kappa shape index (κ3) is 3.06. The van der Waals surface area contributed by atoms with Crippen molar-refractivity contribution < 1.29 is 4.79 Å². The van der Waals surface area contributed by atoms with Crippen LogP contribution >= 0.6 is 0 Å². The maximum Gasteiger partial charge on any atom is 0.187 e. The molecule has 25 heavy (non-hydrogen) atoms. The van der Waals surface area contributed by atoms with E-state index in [0.29, 0.717) is 11.4 Å². The summed E-state index contributed by atoms with van der Waals surface area (Å²) >= 11 is 0. The number of imidazole rings is 1. The van der Waals surface area contributed by atoms with Crippen LogP contribution in [0, 0.1) is 11.3 Å². The SMILES string of the molecule is Cn1c([C@@H](C#N)C(=O)c2ccc(C(C)(C)C)cc2)nc2ccccc21. The number of para-hydroxylation sites is 2. The molecular formula is C21H21N3O. The standard InChI is InChI=1S/C21H21N3O/c1-21(2,3)15-11-9-14(10-12-15)19(25)16(13-22)20-23-17-7-5-6-8-18(17)24(20)4/h5-12,16H,1-4H3/t16-/m0/s1. The van der Waals surface area contributed by atoms with Gasteiger partial charge in [0.1, 0.15) is 5.82 Å². The van der Waals surface area contributed by atoms with Gasteiger partial charge in [-0.05, 0) is 23.1 Å². The molecule has 0 N–H and O–H groups in total. The summed E-state index contributed by atoms with van der Waals surface area (Å²) in [4.78, 5) is 17.4. The summed E-state index contributed by atoms with van der Waals surface area (Å²) in [6.07, 6.45) is 0. The zero-order valence-corrected chi connectivity index (χ0v) is 14.9. The number of aryl methyl sites for hydroxylation is 1. The van der Waals surface area contributed by atoms with Crippen LogP contribution in [0.15, 0.2) is 48.5 Å². The number of ketones is 1. The molecular weight excluding hydrogens is 310 g/mol. The number of rotatable bonds is 3. The highest BCUT2D eigenvalue weighted by Crippen LogP contribution is 2.26. The molecule has 0 aliphatic heterocycles. The Morgan fingerprint density at radius 3 is 2.32 bits per heavy atom. The molecule has 0 aliphatic rings. The van der Waals surface area contributed by atoms with Gasteiger partial charge in [0.15, 0.2) is 11.7 Å². The average molecular weight is 331 g/mol. The fourth-order valence-electron chi connectivity index (χ4n) is 2.96. The van der Waals surface area contributed by atoms with Gasteiger partial charge < -0.3 is 4.57 Å². The molecule has 0 fully saturated rings. The smallest absolute Gasteiger partial charge is 0.187 e. The lowest BCUT2D eigenvalue weighted by Crippen LogP contribution is -2.16. The van der Waals surface area contributed by atoms with E-state index in [1.54, 1.807) is 12.1 Å². The van der Waals surface area contributed by atoms with Crippen LogP contribution in [0.2, 0.25) is 0 Å². The van der Waals surface area contributed by atoms with Gasteiger partial charge >= 0.3 is 0 Å². The minimum atomic E-state index is -0.919. The van der Waals surface area contributed by atoms with Gasteiger partial charge in [-0.25, -0.2) is 4.98 Å². The molecule has 0 saturated heterocycles. The average Bonchev–Trinajstić information content (AvgIpc) is 2.92. The van der Waals surface area contributed by atoms with E-state index in [1.165, 1.54) is 0 Å². The van der Waals surface area contributed by atoms with Gasteiger partial charge in [0.25, 0.3) is 0 Å². The van der Waals surface area contributed by atoms with Crippen molar-refractivity contribution in [2.24, 2.45) is 7.05 Å². The van der Waals surface area contributed by atoms with E-state index >= 15 is 0 Å².